The summed E-state index contributed by atoms with van der Waals surface area (Å²) in [5.41, 5.74) is 1.41. The van der Waals surface area contributed by atoms with E-state index in [1.165, 1.54) is 0 Å². The minimum Gasteiger partial charge on any atom is -0.508 e. The number of hydrogen-bond acceptors (Lipinski definition) is 6. The zero-order valence-corrected chi connectivity index (χ0v) is 17.1. The van der Waals surface area contributed by atoms with E-state index in [0.29, 0.717) is 18.0 Å². The molecule has 1 aliphatic heterocycles. The van der Waals surface area contributed by atoms with Crippen LogP contribution in [0.3, 0.4) is 0 Å². The number of hydrogen-bond donors (Lipinski definition) is 2. The molecule has 0 bridgehead atoms. The first-order valence-corrected chi connectivity index (χ1v) is 9.77. The number of ether oxygens (including phenoxy) is 3. The normalized spacial score (nSPS) is 19.6. The Morgan fingerprint density at radius 1 is 1.24 bits per heavy atom. The van der Waals surface area contributed by atoms with Crippen LogP contribution in [0.4, 0.5) is 10.5 Å². The zero-order valence-electron chi connectivity index (χ0n) is 17.1. The number of carbonyl (C=O) groups excluding carboxylic acids is 1. The molecule has 7 nitrogen and oxygen atoms in total. The molecule has 1 fully saturated rings. The van der Waals surface area contributed by atoms with Gasteiger partial charge in [-0.2, -0.15) is 0 Å². The van der Waals surface area contributed by atoms with E-state index < -0.39 is 11.7 Å². The molecule has 0 unspecified atom stereocenters. The van der Waals surface area contributed by atoms with Gasteiger partial charge in [-0.25, -0.2) is 4.79 Å². The Hall–Kier alpha value is -2.64. The van der Waals surface area contributed by atoms with E-state index in [2.05, 4.69) is 10.3 Å². The molecule has 3 rings (SSSR count). The van der Waals surface area contributed by atoms with Crippen molar-refractivity contribution in [3.05, 3.63) is 53.9 Å². The molecule has 2 aromatic rings. The van der Waals surface area contributed by atoms with Crippen LogP contribution < -0.4 is 5.32 Å². The van der Waals surface area contributed by atoms with Gasteiger partial charge in [0.2, 0.25) is 0 Å². The summed E-state index contributed by atoms with van der Waals surface area (Å²) in [6.45, 7) is 6.12. The molecule has 29 heavy (non-hydrogen) atoms. The van der Waals surface area contributed by atoms with Gasteiger partial charge in [0.05, 0.1) is 36.8 Å². The summed E-state index contributed by atoms with van der Waals surface area (Å²) in [7, 11) is 0. The minimum atomic E-state index is -0.577. The Labute approximate surface area is 171 Å². The summed E-state index contributed by atoms with van der Waals surface area (Å²) >= 11 is 0. The van der Waals surface area contributed by atoms with Gasteiger partial charge in [-0.3, -0.25) is 10.3 Å². The van der Waals surface area contributed by atoms with Crippen LogP contribution in [0.2, 0.25) is 0 Å². The van der Waals surface area contributed by atoms with Crippen LogP contribution >= 0.6 is 0 Å². The smallest absolute Gasteiger partial charge is 0.412 e. The molecule has 0 radical (unpaired) electrons. The number of aromatic hydroxyl groups is 1. The molecule has 0 aliphatic carbocycles. The Bertz CT molecular complexity index is 826. The van der Waals surface area contributed by atoms with Crippen molar-refractivity contribution in [2.75, 3.05) is 11.9 Å². The maximum Gasteiger partial charge on any atom is 0.412 e. The molecule has 2 N–H and O–H groups in total. The van der Waals surface area contributed by atoms with E-state index in [9.17, 15) is 9.90 Å². The number of rotatable bonds is 5. The topological polar surface area (TPSA) is 89.9 Å². The molecular weight excluding hydrogens is 372 g/mol. The third-order valence-corrected chi connectivity index (χ3v) is 4.50. The highest BCUT2D eigenvalue weighted by Gasteiger charge is 2.25. The summed E-state index contributed by atoms with van der Waals surface area (Å²) in [6.07, 6.45) is 2.49. The lowest BCUT2D eigenvalue weighted by atomic mass is 9.99. The fourth-order valence-corrected chi connectivity index (χ4v) is 3.14. The van der Waals surface area contributed by atoms with Crippen LogP contribution in [0.5, 0.6) is 5.75 Å². The fourth-order valence-electron chi connectivity index (χ4n) is 3.14. The van der Waals surface area contributed by atoms with Crippen LogP contribution in [-0.2, 0) is 20.8 Å². The molecule has 7 heteroatoms. The van der Waals surface area contributed by atoms with Gasteiger partial charge in [-0.15, -0.1) is 0 Å². The van der Waals surface area contributed by atoms with E-state index in [1.54, 1.807) is 30.5 Å². The van der Waals surface area contributed by atoms with Crippen LogP contribution in [0.15, 0.2) is 42.6 Å². The molecule has 0 saturated carbocycles. The van der Waals surface area contributed by atoms with Gasteiger partial charge in [0.1, 0.15) is 11.4 Å². The predicted molar refractivity (Wildman–Crippen MR) is 109 cm³/mol. The lowest BCUT2D eigenvalue weighted by molar-refractivity contribution is -0.0929. The van der Waals surface area contributed by atoms with Crippen molar-refractivity contribution in [2.45, 2.75) is 58.0 Å². The molecule has 1 aliphatic rings. The lowest BCUT2D eigenvalue weighted by Gasteiger charge is -2.29. The molecule has 1 aromatic heterocycles. The third kappa shape index (κ3) is 6.17. The molecule has 2 heterocycles. The highest BCUT2D eigenvalue weighted by molar-refractivity contribution is 5.85. The van der Waals surface area contributed by atoms with Gasteiger partial charge < -0.3 is 19.3 Å². The van der Waals surface area contributed by atoms with Crippen molar-refractivity contribution in [2.24, 2.45) is 0 Å². The number of anilines is 1. The second-order valence-electron chi connectivity index (χ2n) is 8.02. The lowest BCUT2D eigenvalue weighted by Crippen LogP contribution is -2.29. The van der Waals surface area contributed by atoms with E-state index in [1.807, 2.05) is 32.9 Å². The largest absolute Gasteiger partial charge is 0.508 e. The Morgan fingerprint density at radius 2 is 2.03 bits per heavy atom. The molecular formula is C22H28N2O5. The molecule has 0 spiro atoms. The van der Waals surface area contributed by atoms with Crippen molar-refractivity contribution < 1.29 is 24.1 Å². The summed E-state index contributed by atoms with van der Waals surface area (Å²) in [4.78, 5) is 16.4. The van der Waals surface area contributed by atoms with Gasteiger partial charge >= 0.3 is 6.09 Å². The van der Waals surface area contributed by atoms with Crippen LogP contribution in [0.25, 0.3) is 0 Å². The van der Waals surface area contributed by atoms with Crippen molar-refractivity contribution in [1.29, 1.82) is 0 Å². The van der Waals surface area contributed by atoms with Crippen molar-refractivity contribution >= 4 is 11.8 Å². The monoisotopic (exact) mass is 400 g/mol. The summed E-state index contributed by atoms with van der Waals surface area (Å²) in [6, 6.07) is 10.7. The standard InChI is InChI=1S/C22H28N2O5/c1-22(2,3)29-21(26)24-17-8-6-12-23-18(17)14-27-15-10-11-20(28-13-15)16-7-4-5-9-19(16)25/h4-9,12,15,20,25H,10-11,13-14H2,1-3H3,(H,24,26)/t15-,20-/m0/s1. The van der Waals surface area contributed by atoms with Crippen molar-refractivity contribution in [3.63, 3.8) is 0 Å². The van der Waals surface area contributed by atoms with Gasteiger partial charge in [0.25, 0.3) is 0 Å². The van der Waals surface area contributed by atoms with Gasteiger partial charge in [0, 0.05) is 11.8 Å². The van der Waals surface area contributed by atoms with Crippen LogP contribution in [-0.4, -0.2) is 34.5 Å². The number of benzene rings is 1. The highest BCUT2D eigenvalue weighted by Crippen LogP contribution is 2.34. The number of nitrogens with zero attached hydrogens (tertiary/aromatic N) is 1. The second kappa shape index (κ2) is 9.24. The number of phenolic OH excluding ortho intramolecular Hbond substituents is 1. The average molecular weight is 400 g/mol. The van der Waals surface area contributed by atoms with Gasteiger partial charge in [-0.1, -0.05) is 18.2 Å². The highest BCUT2D eigenvalue weighted by atomic mass is 16.6. The first-order chi connectivity index (χ1) is 13.8. The summed E-state index contributed by atoms with van der Waals surface area (Å²) in [5, 5.41) is 12.7. The SMILES string of the molecule is CC(C)(C)OC(=O)Nc1cccnc1CO[C@H]1CC[C@@H](c2ccccc2O)OC1. The number of amides is 1. The fraction of sp³-hybridized carbons (Fsp3) is 0.455. The predicted octanol–water partition coefficient (Wildman–Crippen LogP) is 4.57. The quantitative estimate of drug-likeness (QED) is 0.764. The van der Waals surface area contributed by atoms with Crippen molar-refractivity contribution in [3.8, 4) is 5.75 Å². The number of aromatic nitrogens is 1. The Morgan fingerprint density at radius 3 is 2.72 bits per heavy atom. The van der Waals surface area contributed by atoms with E-state index >= 15 is 0 Å². The third-order valence-electron chi connectivity index (χ3n) is 4.50. The average Bonchev–Trinajstić information content (AvgIpc) is 2.67. The molecule has 1 saturated heterocycles. The van der Waals surface area contributed by atoms with Crippen LogP contribution in [0, 0.1) is 0 Å². The maximum absolute atomic E-state index is 12.0. The second-order valence-corrected chi connectivity index (χ2v) is 8.02. The van der Waals surface area contributed by atoms with Crippen LogP contribution in [0.1, 0.15) is 51.0 Å². The first-order valence-electron chi connectivity index (χ1n) is 9.77. The Balaban J connectivity index is 1.52. The number of phenols is 1. The summed E-state index contributed by atoms with van der Waals surface area (Å²) in [5.74, 6) is 0.253. The number of pyridine rings is 1. The number of nitrogens with one attached hydrogen (secondary N) is 1. The van der Waals surface area contributed by atoms with E-state index in [-0.39, 0.29) is 24.6 Å². The van der Waals surface area contributed by atoms with E-state index in [0.717, 1.165) is 18.4 Å². The molecule has 1 aromatic carbocycles. The summed E-state index contributed by atoms with van der Waals surface area (Å²) < 4.78 is 17.2. The zero-order chi connectivity index (χ0) is 20.9. The Kier molecular flexibility index (Phi) is 6.71. The first kappa shape index (κ1) is 21.1. The van der Waals surface area contributed by atoms with Gasteiger partial charge in [0.15, 0.2) is 0 Å². The van der Waals surface area contributed by atoms with Gasteiger partial charge in [-0.05, 0) is 51.8 Å². The number of para-hydroxylation sites is 1. The maximum atomic E-state index is 12.0. The van der Waals surface area contributed by atoms with Crippen molar-refractivity contribution in [1.82, 2.24) is 4.98 Å². The molecule has 1 amide bonds. The van der Waals surface area contributed by atoms with E-state index in [4.69, 9.17) is 14.2 Å². The molecule has 2 atom stereocenters. The number of carbonyl (C=O) groups is 1. The minimum absolute atomic E-state index is 0.0755. The molecule has 156 valence electrons.